The van der Waals surface area contributed by atoms with E-state index < -0.39 is 0 Å². The smallest absolute Gasteiger partial charge is 0.173 e. The molecule has 0 fully saturated rings. The van der Waals surface area contributed by atoms with Crippen molar-refractivity contribution in [2.45, 2.75) is 0 Å². The Morgan fingerprint density at radius 1 is 0.806 bits per heavy atom. The van der Waals surface area contributed by atoms with Gasteiger partial charge in [0.25, 0.3) is 0 Å². The second-order valence-corrected chi connectivity index (χ2v) is 6.63. The fourth-order valence-electron chi connectivity index (χ4n) is 3.12. The van der Waals surface area contributed by atoms with Crippen molar-refractivity contribution in [3.63, 3.8) is 0 Å². The van der Waals surface area contributed by atoms with E-state index in [4.69, 9.17) is 19.5 Å². The summed E-state index contributed by atoms with van der Waals surface area (Å²) in [6, 6.07) is 27.1. The summed E-state index contributed by atoms with van der Waals surface area (Å²) < 4.78 is 10.8. The van der Waals surface area contributed by atoms with Crippen molar-refractivity contribution in [2.75, 3.05) is 14.2 Å². The molecule has 0 aliphatic carbocycles. The third-order valence-corrected chi connectivity index (χ3v) is 4.67. The first-order valence-corrected chi connectivity index (χ1v) is 9.78. The Morgan fingerprint density at radius 2 is 1.52 bits per heavy atom. The van der Waals surface area contributed by atoms with Crippen molar-refractivity contribution >= 4 is 28.6 Å². The Bertz CT molecular complexity index is 1250. The van der Waals surface area contributed by atoms with Crippen LogP contribution < -0.4 is 14.9 Å². The average Bonchev–Trinajstić information content (AvgIpc) is 2.83. The van der Waals surface area contributed by atoms with Crippen LogP contribution in [0.2, 0.25) is 0 Å². The van der Waals surface area contributed by atoms with Crippen molar-refractivity contribution in [3.05, 3.63) is 96.2 Å². The van der Waals surface area contributed by atoms with E-state index in [-0.39, 0.29) is 0 Å². The molecule has 0 radical (unpaired) electrons. The Morgan fingerprint density at radius 3 is 2.35 bits per heavy atom. The predicted molar refractivity (Wildman–Crippen MR) is 125 cm³/mol. The lowest BCUT2D eigenvalue weighted by Crippen LogP contribution is -2.20. The largest absolute Gasteiger partial charge is 0.496 e. The van der Waals surface area contributed by atoms with Crippen molar-refractivity contribution in [2.24, 2.45) is 10.1 Å². The van der Waals surface area contributed by atoms with Gasteiger partial charge in [0.15, 0.2) is 5.84 Å². The molecule has 0 aliphatic rings. The molecule has 0 saturated carbocycles. The van der Waals surface area contributed by atoms with Crippen LogP contribution in [0.3, 0.4) is 0 Å². The molecular formula is C25H22N4O2. The molecule has 31 heavy (non-hydrogen) atoms. The molecule has 4 rings (SSSR count). The number of hydrogen-bond donors (Lipinski definition) is 1. The van der Waals surface area contributed by atoms with Crippen LogP contribution in [0.5, 0.6) is 11.5 Å². The molecule has 0 saturated heterocycles. The number of methoxy groups -OCH3 is 2. The Hall–Kier alpha value is -4.19. The summed E-state index contributed by atoms with van der Waals surface area (Å²) in [6.07, 6.45) is 1.69. The molecule has 4 aromatic rings. The summed E-state index contributed by atoms with van der Waals surface area (Å²) in [4.78, 5) is 9.51. The van der Waals surface area contributed by atoms with Crippen LogP contribution in [0.25, 0.3) is 10.9 Å². The monoisotopic (exact) mass is 410 g/mol. The van der Waals surface area contributed by atoms with E-state index in [1.165, 1.54) is 0 Å². The van der Waals surface area contributed by atoms with Crippen LogP contribution in [0.1, 0.15) is 11.3 Å². The number of rotatable bonds is 6. The Labute approximate surface area is 180 Å². The van der Waals surface area contributed by atoms with Gasteiger partial charge in [0, 0.05) is 10.9 Å². The van der Waals surface area contributed by atoms with Crippen molar-refractivity contribution in [1.82, 2.24) is 10.4 Å². The molecule has 0 spiro atoms. The van der Waals surface area contributed by atoms with E-state index in [1.807, 2.05) is 84.9 Å². The van der Waals surface area contributed by atoms with Crippen LogP contribution in [-0.4, -0.2) is 31.3 Å². The number of aliphatic imine (C=N–C) groups is 1. The zero-order valence-electron chi connectivity index (χ0n) is 17.3. The standard InChI is InChI=1S/C25H22N4O2/c1-30-23-13-7-4-10-19(23)17-26-29-25(28-21-12-6-8-14-24(21)31-2)22-16-15-18-9-3-5-11-20(18)27-22/h3-17H,1-2H3,(H,28,29). The molecule has 6 nitrogen and oxygen atoms in total. The minimum Gasteiger partial charge on any atom is -0.496 e. The molecular weight excluding hydrogens is 388 g/mol. The van der Waals surface area contributed by atoms with Crippen molar-refractivity contribution in [3.8, 4) is 11.5 Å². The fourth-order valence-corrected chi connectivity index (χ4v) is 3.12. The highest BCUT2D eigenvalue weighted by atomic mass is 16.5. The number of benzene rings is 3. The van der Waals surface area contributed by atoms with E-state index in [9.17, 15) is 0 Å². The van der Waals surface area contributed by atoms with E-state index >= 15 is 0 Å². The third kappa shape index (κ3) is 4.70. The number of ether oxygens (including phenoxy) is 2. The number of nitrogens with zero attached hydrogens (tertiary/aromatic N) is 3. The molecule has 1 aromatic heterocycles. The van der Waals surface area contributed by atoms with Gasteiger partial charge in [0.1, 0.15) is 22.9 Å². The van der Waals surface area contributed by atoms with E-state index in [0.717, 1.165) is 22.2 Å². The molecule has 3 aromatic carbocycles. The van der Waals surface area contributed by atoms with Gasteiger partial charge in [-0.2, -0.15) is 5.10 Å². The molecule has 154 valence electrons. The topological polar surface area (TPSA) is 68.1 Å². The van der Waals surface area contributed by atoms with Gasteiger partial charge in [-0.3, -0.25) is 5.43 Å². The highest BCUT2D eigenvalue weighted by Crippen LogP contribution is 2.27. The second-order valence-electron chi connectivity index (χ2n) is 6.63. The van der Waals surface area contributed by atoms with Crippen LogP contribution in [-0.2, 0) is 0 Å². The van der Waals surface area contributed by atoms with Crippen LogP contribution in [0.4, 0.5) is 5.69 Å². The summed E-state index contributed by atoms with van der Waals surface area (Å²) >= 11 is 0. The highest BCUT2D eigenvalue weighted by molar-refractivity contribution is 6.01. The minimum absolute atomic E-state index is 0.501. The lowest BCUT2D eigenvalue weighted by atomic mass is 10.2. The zero-order valence-corrected chi connectivity index (χ0v) is 17.3. The van der Waals surface area contributed by atoms with Gasteiger partial charge in [-0.15, -0.1) is 0 Å². The molecule has 0 unspecified atom stereocenters. The van der Waals surface area contributed by atoms with Gasteiger partial charge in [0.2, 0.25) is 0 Å². The van der Waals surface area contributed by atoms with Gasteiger partial charge >= 0.3 is 0 Å². The number of pyridine rings is 1. The lowest BCUT2D eigenvalue weighted by molar-refractivity contribution is 0.414. The number of hydrogen-bond acceptors (Lipinski definition) is 5. The van der Waals surface area contributed by atoms with Crippen molar-refractivity contribution in [1.29, 1.82) is 0 Å². The van der Waals surface area contributed by atoms with Crippen LogP contribution >= 0.6 is 0 Å². The summed E-state index contributed by atoms with van der Waals surface area (Å²) in [6.45, 7) is 0. The Kier molecular flexibility index (Phi) is 6.18. The summed E-state index contributed by atoms with van der Waals surface area (Å²) in [5.74, 6) is 1.90. The van der Waals surface area contributed by atoms with E-state index in [1.54, 1.807) is 20.4 Å². The normalized spacial score (nSPS) is 11.6. The number of fused-ring (bicyclic) bond motifs is 1. The molecule has 0 amide bonds. The maximum atomic E-state index is 5.45. The summed E-state index contributed by atoms with van der Waals surface area (Å²) in [7, 11) is 3.25. The lowest BCUT2D eigenvalue weighted by Gasteiger charge is -2.09. The first-order valence-electron chi connectivity index (χ1n) is 9.78. The maximum absolute atomic E-state index is 5.45. The zero-order chi connectivity index (χ0) is 21.5. The van der Waals surface area contributed by atoms with Gasteiger partial charge in [-0.1, -0.05) is 48.5 Å². The van der Waals surface area contributed by atoms with E-state index in [0.29, 0.717) is 23.0 Å². The fraction of sp³-hybridized carbons (Fsp3) is 0.0800. The maximum Gasteiger partial charge on any atom is 0.173 e. The number of nitrogens with one attached hydrogen (secondary N) is 1. The molecule has 6 heteroatoms. The van der Waals surface area contributed by atoms with E-state index in [2.05, 4.69) is 10.5 Å². The first kappa shape index (κ1) is 20.1. The third-order valence-electron chi connectivity index (χ3n) is 4.67. The number of hydrazone groups is 1. The van der Waals surface area contributed by atoms with Gasteiger partial charge < -0.3 is 9.47 Å². The minimum atomic E-state index is 0.501. The van der Waals surface area contributed by atoms with Crippen molar-refractivity contribution < 1.29 is 9.47 Å². The highest BCUT2D eigenvalue weighted by Gasteiger charge is 2.09. The molecule has 1 heterocycles. The van der Waals surface area contributed by atoms with Gasteiger partial charge in [0.05, 0.1) is 26.0 Å². The number of aromatic nitrogens is 1. The quantitative estimate of drug-likeness (QED) is 0.277. The second kappa shape index (κ2) is 9.54. The Balaban J connectivity index is 1.73. The molecule has 0 atom stereocenters. The molecule has 0 bridgehead atoms. The SMILES string of the molecule is COc1ccccc1C=NNC(=Nc1ccccc1OC)c1ccc2ccccc2n1. The molecule has 1 N–H and O–H groups in total. The van der Waals surface area contributed by atoms with Crippen LogP contribution in [0.15, 0.2) is 95.0 Å². The summed E-state index contributed by atoms with van der Waals surface area (Å²) in [5.41, 5.74) is 6.12. The predicted octanol–water partition coefficient (Wildman–Crippen LogP) is 4.95. The summed E-state index contributed by atoms with van der Waals surface area (Å²) in [5, 5.41) is 5.45. The van der Waals surface area contributed by atoms with Crippen LogP contribution in [0, 0.1) is 0 Å². The first-order chi connectivity index (χ1) is 15.3. The average molecular weight is 410 g/mol. The number of amidine groups is 1. The van der Waals surface area contributed by atoms with Gasteiger partial charge in [-0.25, -0.2) is 9.98 Å². The molecule has 0 aliphatic heterocycles. The number of para-hydroxylation sites is 4. The van der Waals surface area contributed by atoms with Gasteiger partial charge in [-0.05, 0) is 36.4 Å².